The Balaban J connectivity index is 1.95. The predicted molar refractivity (Wildman–Crippen MR) is 83.5 cm³/mol. The third-order valence-electron chi connectivity index (χ3n) is 5.50. The van der Waals surface area contributed by atoms with Gasteiger partial charge in [0, 0.05) is 18.1 Å². The van der Waals surface area contributed by atoms with Crippen LogP contribution in [0.15, 0.2) is 0 Å². The molecule has 0 spiro atoms. The average molecular weight is 266 g/mol. The van der Waals surface area contributed by atoms with Crippen LogP contribution in [-0.4, -0.2) is 36.6 Å². The Kier molecular flexibility index (Phi) is 6.15. The lowest BCUT2D eigenvalue weighted by atomic mass is 9.82. The van der Waals surface area contributed by atoms with Crippen LogP contribution in [0.4, 0.5) is 0 Å². The lowest BCUT2D eigenvalue weighted by Gasteiger charge is -2.45. The lowest BCUT2D eigenvalue weighted by Crippen LogP contribution is -2.55. The monoisotopic (exact) mass is 266 g/mol. The van der Waals surface area contributed by atoms with Gasteiger partial charge in [-0.1, -0.05) is 39.5 Å². The van der Waals surface area contributed by atoms with E-state index < -0.39 is 0 Å². The maximum atomic E-state index is 3.81. The van der Waals surface area contributed by atoms with Crippen LogP contribution in [0.2, 0.25) is 0 Å². The third kappa shape index (κ3) is 3.95. The van der Waals surface area contributed by atoms with Crippen LogP contribution in [-0.2, 0) is 0 Å². The van der Waals surface area contributed by atoms with Crippen molar-refractivity contribution in [1.82, 2.24) is 10.2 Å². The van der Waals surface area contributed by atoms with Crippen molar-refractivity contribution < 1.29 is 0 Å². The highest BCUT2D eigenvalue weighted by Crippen LogP contribution is 2.32. The van der Waals surface area contributed by atoms with Crippen LogP contribution >= 0.6 is 0 Å². The zero-order valence-corrected chi connectivity index (χ0v) is 13.3. The van der Waals surface area contributed by atoms with E-state index in [1.807, 2.05) is 0 Å². The molecule has 19 heavy (non-hydrogen) atoms. The van der Waals surface area contributed by atoms with E-state index in [0.717, 1.165) is 24.0 Å². The molecule has 4 unspecified atom stereocenters. The van der Waals surface area contributed by atoms with Gasteiger partial charge in [0.25, 0.3) is 0 Å². The first-order valence-corrected chi connectivity index (χ1v) is 8.69. The molecule has 1 N–H and O–H groups in total. The van der Waals surface area contributed by atoms with Crippen LogP contribution in [0.3, 0.4) is 0 Å². The van der Waals surface area contributed by atoms with Crippen molar-refractivity contribution in [3.8, 4) is 0 Å². The number of nitrogens with one attached hydrogen (secondary N) is 1. The van der Waals surface area contributed by atoms with E-state index >= 15 is 0 Å². The fraction of sp³-hybridized carbons (Fsp3) is 1.00. The largest absolute Gasteiger partial charge is 0.312 e. The maximum Gasteiger partial charge on any atom is 0.0249 e. The average Bonchev–Trinajstić information content (AvgIpc) is 2.45. The Bertz CT molecular complexity index is 254. The molecule has 2 fully saturated rings. The summed E-state index contributed by atoms with van der Waals surface area (Å²) in [7, 11) is 2.41. The summed E-state index contributed by atoms with van der Waals surface area (Å²) in [6.45, 7) is 5.94. The fourth-order valence-electron chi connectivity index (χ4n) is 4.31. The zero-order chi connectivity index (χ0) is 13.7. The van der Waals surface area contributed by atoms with E-state index in [4.69, 9.17) is 0 Å². The van der Waals surface area contributed by atoms with E-state index in [0.29, 0.717) is 0 Å². The molecule has 0 bridgehead atoms. The predicted octanol–water partition coefficient (Wildman–Crippen LogP) is 3.81. The molecule has 112 valence electrons. The van der Waals surface area contributed by atoms with Crippen LogP contribution < -0.4 is 5.32 Å². The minimum absolute atomic E-state index is 0.743. The molecule has 4 atom stereocenters. The first kappa shape index (κ1) is 15.3. The summed E-state index contributed by atoms with van der Waals surface area (Å²) in [5.74, 6) is 0.896. The summed E-state index contributed by atoms with van der Waals surface area (Å²) in [5, 5.41) is 3.81. The molecule has 0 aromatic rings. The van der Waals surface area contributed by atoms with Crippen molar-refractivity contribution in [3.05, 3.63) is 0 Å². The van der Waals surface area contributed by atoms with Gasteiger partial charge in [-0.25, -0.2) is 0 Å². The van der Waals surface area contributed by atoms with Gasteiger partial charge in [-0.15, -0.1) is 0 Å². The zero-order valence-electron chi connectivity index (χ0n) is 13.3. The van der Waals surface area contributed by atoms with Gasteiger partial charge in [0.15, 0.2) is 0 Å². The van der Waals surface area contributed by atoms with Crippen LogP contribution in [0.5, 0.6) is 0 Å². The molecular formula is C17H34N2. The van der Waals surface area contributed by atoms with E-state index in [-0.39, 0.29) is 0 Å². The molecule has 2 nitrogen and oxygen atoms in total. The van der Waals surface area contributed by atoms with Crippen molar-refractivity contribution in [1.29, 1.82) is 0 Å². The standard InChI is InChI=1S/C17H34N2/c1-4-13-18-15-10-6-8-12-17(15)19(3)16-11-7-5-9-14(16)2/h14-18H,4-13H2,1-3H3. The quantitative estimate of drug-likeness (QED) is 0.814. The third-order valence-corrected chi connectivity index (χ3v) is 5.50. The smallest absolute Gasteiger partial charge is 0.0249 e. The van der Waals surface area contributed by atoms with Crippen LogP contribution in [0.25, 0.3) is 0 Å². The summed E-state index contributed by atoms with van der Waals surface area (Å²) >= 11 is 0. The van der Waals surface area contributed by atoms with Gasteiger partial charge in [-0.3, -0.25) is 4.90 Å². The van der Waals surface area contributed by atoms with Gasteiger partial charge >= 0.3 is 0 Å². The van der Waals surface area contributed by atoms with Gasteiger partial charge in [-0.05, 0) is 51.6 Å². The second-order valence-electron chi connectivity index (χ2n) is 6.91. The lowest BCUT2D eigenvalue weighted by molar-refractivity contribution is 0.0585. The minimum atomic E-state index is 0.743. The molecule has 2 rings (SSSR count). The Labute approximate surface area is 120 Å². The summed E-state index contributed by atoms with van der Waals surface area (Å²) in [5.41, 5.74) is 0. The molecule has 0 aliphatic heterocycles. The number of nitrogens with zero attached hydrogens (tertiary/aromatic N) is 1. The summed E-state index contributed by atoms with van der Waals surface area (Å²) < 4.78 is 0. The molecule has 0 saturated heterocycles. The SMILES string of the molecule is CCCNC1CCCCC1N(C)C1CCCCC1C. The molecule has 0 aromatic heterocycles. The highest BCUT2D eigenvalue weighted by Gasteiger charge is 2.34. The molecule has 0 aromatic carbocycles. The van der Waals surface area contributed by atoms with Gasteiger partial charge in [0.2, 0.25) is 0 Å². The molecule has 2 aliphatic rings. The second-order valence-corrected chi connectivity index (χ2v) is 6.91. The topological polar surface area (TPSA) is 15.3 Å². The first-order chi connectivity index (χ1) is 9.24. The number of rotatable bonds is 5. The van der Waals surface area contributed by atoms with Crippen LogP contribution in [0, 0.1) is 5.92 Å². The number of hydrogen-bond acceptors (Lipinski definition) is 2. The van der Waals surface area contributed by atoms with Gasteiger partial charge in [-0.2, -0.15) is 0 Å². The van der Waals surface area contributed by atoms with E-state index in [1.165, 1.54) is 64.3 Å². The van der Waals surface area contributed by atoms with Crippen molar-refractivity contribution in [2.75, 3.05) is 13.6 Å². The van der Waals surface area contributed by atoms with E-state index in [1.54, 1.807) is 0 Å². The maximum absolute atomic E-state index is 3.81. The molecule has 2 saturated carbocycles. The van der Waals surface area contributed by atoms with Crippen molar-refractivity contribution in [2.45, 2.75) is 89.8 Å². The summed E-state index contributed by atoms with van der Waals surface area (Å²) in [6.07, 6.45) is 12.7. The van der Waals surface area contributed by atoms with E-state index in [9.17, 15) is 0 Å². The fourth-order valence-corrected chi connectivity index (χ4v) is 4.31. The van der Waals surface area contributed by atoms with Gasteiger partial charge < -0.3 is 5.32 Å². The Morgan fingerprint density at radius 1 is 0.947 bits per heavy atom. The molecule has 0 radical (unpaired) electrons. The Morgan fingerprint density at radius 2 is 1.58 bits per heavy atom. The number of hydrogen-bond donors (Lipinski definition) is 1. The molecule has 2 heteroatoms. The highest BCUT2D eigenvalue weighted by atomic mass is 15.2. The molecule has 2 aliphatic carbocycles. The van der Waals surface area contributed by atoms with Crippen LogP contribution in [0.1, 0.15) is 71.6 Å². The highest BCUT2D eigenvalue weighted by molar-refractivity contribution is 4.91. The van der Waals surface area contributed by atoms with Crippen molar-refractivity contribution >= 4 is 0 Å². The Morgan fingerprint density at radius 3 is 2.26 bits per heavy atom. The van der Waals surface area contributed by atoms with Crippen molar-refractivity contribution in [3.63, 3.8) is 0 Å². The van der Waals surface area contributed by atoms with Gasteiger partial charge in [0.05, 0.1) is 0 Å². The van der Waals surface area contributed by atoms with Gasteiger partial charge in [0.1, 0.15) is 0 Å². The summed E-state index contributed by atoms with van der Waals surface area (Å²) in [6, 6.07) is 2.36. The van der Waals surface area contributed by atoms with Crippen molar-refractivity contribution in [2.24, 2.45) is 5.92 Å². The molecule has 0 heterocycles. The molecule has 0 amide bonds. The van der Waals surface area contributed by atoms with E-state index in [2.05, 4.69) is 31.1 Å². The number of likely N-dealkylation sites (N-methyl/N-ethyl adjacent to an activating group) is 1. The molecular weight excluding hydrogens is 232 g/mol. The summed E-state index contributed by atoms with van der Waals surface area (Å²) in [4.78, 5) is 2.76. The second kappa shape index (κ2) is 7.64. The minimum Gasteiger partial charge on any atom is -0.312 e. The Hall–Kier alpha value is -0.0800. The normalized spacial score (nSPS) is 36.6. The first-order valence-electron chi connectivity index (χ1n) is 8.69.